The van der Waals surface area contributed by atoms with Gasteiger partial charge in [0.05, 0.1) is 22.3 Å². The number of amides is 1. The summed E-state index contributed by atoms with van der Waals surface area (Å²) in [5, 5.41) is 5.25. The van der Waals surface area contributed by atoms with Gasteiger partial charge in [-0.05, 0) is 30.5 Å². The van der Waals surface area contributed by atoms with Gasteiger partial charge < -0.3 is 20.1 Å². The number of rotatable bonds is 10. The van der Waals surface area contributed by atoms with E-state index in [9.17, 15) is 19.2 Å². The van der Waals surface area contributed by atoms with E-state index in [4.69, 9.17) is 21.1 Å². The summed E-state index contributed by atoms with van der Waals surface area (Å²) in [5.74, 6) is -3.28. The lowest BCUT2D eigenvalue weighted by Gasteiger charge is -2.18. The van der Waals surface area contributed by atoms with Crippen molar-refractivity contribution in [1.82, 2.24) is 5.32 Å². The van der Waals surface area contributed by atoms with Gasteiger partial charge in [0.2, 0.25) is 5.91 Å². The zero-order chi connectivity index (χ0) is 23.0. The molecule has 0 spiro atoms. The third kappa shape index (κ3) is 6.68. The monoisotopic (exact) mass is 466 g/mol. The number of ether oxygens (including phenoxy) is 2. The van der Waals surface area contributed by atoms with Crippen molar-refractivity contribution >= 4 is 52.9 Å². The maximum Gasteiger partial charge on any atom is 0.338 e. The molecule has 1 aliphatic rings. The predicted molar refractivity (Wildman–Crippen MR) is 119 cm³/mol. The van der Waals surface area contributed by atoms with Gasteiger partial charge in [-0.25, -0.2) is 4.79 Å². The number of halogens is 1. The number of carbonyl (C=O) groups is 4. The van der Waals surface area contributed by atoms with Gasteiger partial charge in [-0.2, -0.15) is 0 Å². The first-order valence-corrected chi connectivity index (χ1v) is 10.2. The highest BCUT2D eigenvalue weighted by molar-refractivity contribution is 7.96. The first kappa shape index (κ1) is 24.6. The van der Waals surface area contributed by atoms with E-state index < -0.39 is 40.8 Å². The fourth-order valence-corrected chi connectivity index (χ4v) is 3.61. The number of esters is 2. The fraction of sp³-hybridized carbons (Fsp3) is 0.333. The van der Waals surface area contributed by atoms with E-state index in [1.165, 1.54) is 30.4 Å². The van der Waals surface area contributed by atoms with E-state index in [0.29, 0.717) is 0 Å². The molecule has 0 bridgehead atoms. The van der Waals surface area contributed by atoms with Crippen LogP contribution in [0.4, 0.5) is 5.69 Å². The molecule has 1 heterocycles. The molecule has 3 atom stereocenters. The van der Waals surface area contributed by atoms with E-state index in [1.807, 2.05) is 0 Å². The molecule has 1 saturated heterocycles. The minimum atomic E-state index is -1.10. The molecule has 31 heavy (non-hydrogen) atoms. The molecule has 1 fully saturated rings. The largest absolute Gasteiger partial charge is 0.461 e. The normalized spacial score (nSPS) is 18.5. The van der Waals surface area contributed by atoms with Crippen molar-refractivity contribution in [1.29, 1.82) is 0 Å². The Bertz CT molecular complexity index is 891. The summed E-state index contributed by atoms with van der Waals surface area (Å²) in [6.45, 7) is 7.21. The number of benzene rings is 1. The van der Waals surface area contributed by atoms with E-state index in [-0.39, 0.29) is 42.5 Å². The van der Waals surface area contributed by atoms with Crippen LogP contribution < -0.4 is 10.6 Å². The molecule has 1 aromatic carbocycles. The van der Waals surface area contributed by atoms with E-state index in [2.05, 4.69) is 36.4 Å². The minimum Gasteiger partial charge on any atom is -0.461 e. The summed E-state index contributed by atoms with van der Waals surface area (Å²) < 4.78 is 9.95. The molecule has 0 aromatic heterocycles. The van der Waals surface area contributed by atoms with Crippen LogP contribution in [-0.2, 0) is 23.9 Å². The van der Waals surface area contributed by atoms with Crippen LogP contribution in [0.25, 0.3) is 0 Å². The molecular weight excluding hydrogens is 444 g/mol. The minimum absolute atomic E-state index is 0.0233. The Balaban J connectivity index is 2.06. The second-order valence-corrected chi connectivity index (χ2v) is 7.61. The molecule has 0 radical (unpaired) electrons. The Morgan fingerprint density at radius 2 is 1.90 bits per heavy atom. The lowest BCUT2D eigenvalue weighted by atomic mass is 9.90. The van der Waals surface area contributed by atoms with E-state index in [0.717, 1.165) is 0 Å². The van der Waals surface area contributed by atoms with Gasteiger partial charge in [0.1, 0.15) is 19.1 Å². The first-order valence-electron chi connectivity index (χ1n) is 9.40. The third-order valence-corrected chi connectivity index (χ3v) is 5.22. The van der Waals surface area contributed by atoms with Crippen LogP contribution in [0.2, 0.25) is 5.02 Å². The summed E-state index contributed by atoms with van der Waals surface area (Å²) >= 11 is 9.94. The Hall–Kier alpha value is -2.62. The van der Waals surface area contributed by atoms with Crippen molar-refractivity contribution in [2.75, 3.05) is 25.1 Å². The standard InChI is InChI=1S/C21H23ClN2O6S/c1-3-7-29-19(26)12-5-6-14(22)15(9-12)24-18(25)16-10-13(11-23-16)17(21(28)31)20(27)30-8-4-2/h3-6,9,13,16-17,23H,1-2,7-8,10-11H2,(H,24,25)(H,28,31). The van der Waals surface area contributed by atoms with Gasteiger partial charge in [-0.1, -0.05) is 36.9 Å². The molecule has 0 saturated carbocycles. The number of nitrogens with one attached hydrogen (secondary N) is 2. The van der Waals surface area contributed by atoms with Crippen LogP contribution in [0.1, 0.15) is 16.8 Å². The first-order chi connectivity index (χ1) is 14.8. The summed E-state index contributed by atoms with van der Waals surface area (Å²) in [5.41, 5.74) is 0.446. The predicted octanol–water partition coefficient (Wildman–Crippen LogP) is 2.40. The highest BCUT2D eigenvalue weighted by Gasteiger charge is 2.41. The lowest BCUT2D eigenvalue weighted by Crippen LogP contribution is -2.35. The number of carbonyl (C=O) groups excluding carboxylic acids is 4. The molecule has 1 aliphatic heterocycles. The van der Waals surface area contributed by atoms with Gasteiger partial charge in [0.15, 0.2) is 5.12 Å². The fourth-order valence-electron chi connectivity index (χ4n) is 3.13. The van der Waals surface area contributed by atoms with Crippen molar-refractivity contribution < 1.29 is 28.7 Å². The average molecular weight is 467 g/mol. The van der Waals surface area contributed by atoms with Gasteiger partial charge >= 0.3 is 11.9 Å². The molecule has 2 N–H and O–H groups in total. The Kier molecular flexibility index (Phi) is 9.29. The maximum atomic E-state index is 12.7. The highest BCUT2D eigenvalue weighted by atomic mass is 35.5. The molecular formula is C21H23ClN2O6S. The smallest absolute Gasteiger partial charge is 0.338 e. The highest BCUT2D eigenvalue weighted by Crippen LogP contribution is 2.28. The molecule has 1 aromatic rings. The number of hydrogen-bond acceptors (Lipinski definition) is 7. The van der Waals surface area contributed by atoms with Gasteiger partial charge in [0, 0.05) is 6.54 Å². The Morgan fingerprint density at radius 1 is 1.23 bits per heavy atom. The zero-order valence-corrected chi connectivity index (χ0v) is 18.3. The molecule has 0 aliphatic carbocycles. The molecule has 3 unspecified atom stereocenters. The van der Waals surface area contributed by atoms with E-state index in [1.54, 1.807) is 0 Å². The SMILES string of the molecule is C=CCOC(=O)c1ccc(Cl)c(NC(=O)C2CC(C(C(=O)S)C(=O)OCC=C)CN2)c1. The van der Waals surface area contributed by atoms with Crippen molar-refractivity contribution in [3.63, 3.8) is 0 Å². The maximum absolute atomic E-state index is 12.7. The van der Waals surface area contributed by atoms with Crippen LogP contribution in [0.15, 0.2) is 43.5 Å². The number of hydrogen-bond donors (Lipinski definition) is 3. The average Bonchev–Trinajstić information content (AvgIpc) is 3.21. The zero-order valence-electron chi connectivity index (χ0n) is 16.6. The van der Waals surface area contributed by atoms with Crippen LogP contribution in [-0.4, -0.2) is 48.8 Å². The third-order valence-electron chi connectivity index (χ3n) is 4.61. The summed E-state index contributed by atoms with van der Waals surface area (Å²) in [7, 11) is 0. The summed E-state index contributed by atoms with van der Waals surface area (Å²) in [6, 6.07) is 3.67. The van der Waals surface area contributed by atoms with Crippen molar-refractivity contribution in [3.05, 3.63) is 54.1 Å². The second kappa shape index (κ2) is 11.7. The molecule has 1 amide bonds. The van der Waals surface area contributed by atoms with Crippen LogP contribution >= 0.6 is 24.2 Å². The lowest BCUT2D eigenvalue weighted by molar-refractivity contribution is -0.151. The van der Waals surface area contributed by atoms with Crippen molar-refractivity contribution in [3.8, 4) is 0 Å². The number of thiol groups is 1. The second-order valence-electron chi connectivity index (χ2n) is 6.76. The van der Waals surface area contributed by atoms with Crippen LogP contribution in [0.3, 0.4) is 0 Å². The van der Waals surface area contributed by atoms with Crippen molar-refractivity contribution in [2.24, 2.45) is 11.8 Å². The van der Waals surface area contributed by atoms with Crippen LogP contribution in [0.5, 0.6) is 0 Å². The number of anilines is 1. The molecule has 2 rings (SSSR count). The Labute approximate surface area is 190 Å². The Morgan fingerprint density at radius 3 is 2.55 bits per heavy atom. The summed E-state index contributed by atoms with van der Waals surface area (Å²) in [4.78, 5) is 48.8. The quantitative estimate of drug-likeness (QED) is 0.210. The van der Waals surface area contributed by atoms with Gasteiger partial charge in [-0.3, -0.25) is 14.4 Å². The molecule has 10 heteroatoms. The van der Waals surface area contributed by atoms with Gasteiger partial charge in [-0.15, -0.1) is 12.6 Å². The van der Waals surface area contributed by atoms with Crippen LogP contribution in [0, 0.1) is 11.8 Å². The van der Waals surface area contributed by atoms with Crippen molar-refractivity contribution in [2.45, 2.75) is 12.5 Å². The van der Waals surface area contributed by atoms with E-state index >= 15 is 0 Å². The molecule has 166 valence electrons. The molecule has 8 nitrogen and oxygen atoms in total. The topological polar surface area (TPSA) is 111 Å². The van der Waals surface area contributed by atoms with Gasteiger partial charge in [0.25, 0.3) is 0 Å². The summed E-state index contributed by atoms with van der Waals surface area (Å²) in [6.07, 6.45) is 3.05.